The quantitative estimate of drug-likeness (QED) is 0.774. The Morgan fingerprint density at radius 3 is 2.82 bits per heavy atom. The highest BCUT2D eigenvalue weighted by Gasteiger charge is 2.51. The lowest BCUT2D eigenvalue weighted by molar-refractivity contribution is -0.0135. The average Bonchev–Trinajstić information content (AvgIpc) is 3.04. The molecule has 0 spiro atoms. The first-order valence-corrected chi connectivity index (χ1v) is 7.62. The maximum atomic E-state index is 11.9. The van der Waals surface area contributed by atoms with E-state index in [4.69, 9.17) is 33.0 Å². The number of amides is 1. The summed E-state index contributed by atoms with van der Waals surface area (Å²) in [4.78, 5) is 13.4. The molecule has 2 heterocycles. The topological polar surface area (TPSA) is 90.2 Å². The van der Waals surface area contributed by atoms with Crippen LogP contribution in [0.5, 0.6) is 5.75 Å². The minimum absolute atomic E-state index is 0.0215. The molecule has 2 fully saturated rings. The molecule has 1 unspecified atom stereocenters. The molecule has 4 atom stereocenters. The Balaban J connectivity index is 1.89. The van der Waals surface area contributed by atoms with Crippen LogP contribution in [0.15, 0.2) is 12.1 Å². The maximum Gasteiger partial charge on any atom is 0.410 e. The SMILES string of the molecule is O=C1O[C@H](C(O)CO)[C@@H]2C[C@H](c3c(O)ccc(Cl)c3Cl)CN12. The molecule has 120 valence electrons. The van der Waals surface area contributed by atoms with E-state index in [0.29, 0.717) is 23.6 Å². The molecule has 3 N–H and O–H groups in total. The van der Waals surface area contributed by atoms with Crippen LogP contribution in [0.1, 0.15) is 17.9 Å². The number of phenolic OH excluding ortho intramolecular Hbond substituents is 1. The van der Waals surface area contributed by atoms with Crippen LogP contribution in [0.25, 0.3) is 0 Å². The summed E-state index contributed by atoms with van der Waals surface area (Å²) in [5.41, 5.74) is 0.494. The smallest absolute Gasteiger partial charge is 0.410 e. The highest BCUT2D eigenvalue weighted by molar-refractivity contribution is 6.42. The van der Waals surface area contributed by atoms with Crippen molar-refractivity contribution in [2.45, 2.75) is 30.6 Å². The van der Waals surface area contributed by atoms with Crippen LogP contribution < -0.4 is 0 Å². The zero-order valence-electron chi connectivity index (χ0n) is 11.4. The summed E-state index contributed by atoms with van der Waals surface area (Å²) in [6, 6.07) is 2.60. The normalized spacial score (nSPS) is 28.6. The first kappa shape index (κ1) is 15.7. The molecule has 2 aliphatic rings. The van der Waals surface area contributed by atoms with Gasteiger partial charge in [-0.2, -0.15) is 0 Å². The third-order valence-electron chi connectivity index (χ3n) is 4.28. The standard InChI is InChI=1S/C14H15Cl2NO5/c15-7-1-2-9(19)11(12(7)16)6-3-8-13(10(20)5-18)22-14(21)17(8)4-6/h1-2,6,8,10,13,18-20H,3-5H2/t6-,8-,10?,13-/m0/s1. The van der Waals surface area contributed by atoms with Crippen molar-refractivity contribution in [3.63, 3.8) is 0 Å². The molecule has 0 aromatic heterocycles. The van der Waals surface area contributed by atoms with E-state index in [9.17, 15) is 15.0 Å². The molecule has 0 aliphatic carbocycles. The van der Waals surface area contributed by atoms with Crippen LogP contribution >= 0.6 is 23.2 Å². The number of aliphatic hydroxyl groups is 2. The summed E-state index contributed by atoms with van der Waals surface area (Å²) in [6.07, 6.45) is -2.01. The minimum atomic E-state index is -1.14. The second kappa shape index (κ2) is 5.77. The molecule has 22 heavy (non-hydrogen) atoms. The molecule has 0 saturated carbocycles. The first-order chi connectivity index (χ1) is 10.4. The van der Waals surface area contributed by atoms with Gasteiger partial charge in [0.2, 0.25) is 0 Å². The highest BCUT2D eigenvalue weighted by atomic mass is 35.5. The molecule has 2 saturated heterocycles. The number of carbonyl (C=O) groups excluding carboxylic acids is 1. The number of hydrogen-bond donors (Lipinski definition) is 3. The number of halogens is 2. The Morgan fingerprint density at radius 1 is 1.41 bits per heavy atom. The zero-order chi connectivity index (χ0) is 16.0. The number of cyclic esters (lactones) is 1. The van der Waals surface area contributed by atoms with Crippen LogP contribution in [-0.2, 0) is 4.74 Å². The molecular weight excluding hydrogens is 333 g/mol. The van der Waals surface area contributed by atoms with Crippen molar-refractivity contribution >= 4 is 29.3 Å². The number of ether oxygens (including phenoxy) is 1. The van der Waals surface area contributed by atoms with Gasteiger partial charge < -0.3 is 25.0 Å². The number of hydrogen-bond acceptors (Lipinski definition) is 5. The van der Waals surface area contributed by atoms with Crippen molar-refractivity contribution in [2.75, 3.05) is 13.2 Å². The molecule has 0 bridgehead atoms. The summed E-state index contributed by atoms with van der Waals surface area (Å²) in [6.45, 7) is -0.179. The van der Waals surface area contributed by atoms with E-state index < -0.39 is 24.9 Å². The Hall–Kier alpha value is -1.21. The lowest BCUT2D eigenvalue weighted by Crippen LogP contribution is -2.39. The van der Waals surface area contributed by atoms with Gasteiger partial charge in [0.25, 0.3) is 0 Å². The fraction of sp³-hybridized carbons (Fsp3) is 0.500. The van der Waals surface area contributed by atoms with Gasteiger partial charge in [-0.05, 0) is 18.6 Å². The third kappa shape index (κ3) is 2.40. The fourth-order valence-corrected chi connectivity index (χ4v) is 3.72. The second-order valence-corrected chi connectivity index (χ2v) is 6.33. The fourth-order valence-electron chi connectivity index (χ4n) is 3.24. The van der Waals surface area contributed by atoms with E-state index in [0.717, 1.165) is 0 Å². The number of carbonyl (C=O) groups is 1. The van der Waals surface area contributed by atoms with Gasteiger partial charge in [0.1, 0.15) is 11.9 Å². The van der Waals surface area contributed by atoms with Gasteiger partial charge in [-0.15, -0.1) is 0 Å². The number of phenols is 1. The highest BCUT2D eigenvalue weighted by Crippen LogP contribution is 2.45. The Labute approximate surface area is 136 Å². The molecule has 1 amide bonds. The van der Waals surface area contributed by atoms with Gasteiger partial charge in [-0.3, -0.25) is 0 Å². The molecule has 6 nitrogen and oxygen atoms in total. The molecular formula is C14H15Cl2NO5. The van der Waals surface area contributed by atoms with E-state index in [-0.39, 0.29) is 22.7 Å². The number of rotatable bonds is 3. The minimum Gasteiger partial charge on any atom is -0.508 e. The van der Waals surface area contributed by atoms with Gasteiger partial charge >= 0.3 is 6.09 Å². The summed E-state index contributed by atoms with van der Waals surface area (Å²) in [5, 5.41) is 29.5. The van der Waals surface area contributed by atoms with Crippen LogP contribution in [0.3, 0.4) is 0 Å². The van der Waals surface area contributed by atoms with Crippen molar-refractivity contribution in [3.8, 4) is 5.75 Å². The summed E-state index contributed by atoms with van der Waals surface area (Å²) in [5.74, 6) is -0.189. The number of fused-ring (bicyclic) bond motifs is 1. The van der Waals surface area contributed by atoms with E-state index in [1.165, 1.54) is 17.0 Å². The van der Waals surface area contributed by atoms with Crippen molar-refractivity contribution in [1.29, 1.82) is 0 Å². The Bertz CT molecular complexity index is 611. The van der Waals surface area contributed by atoms with Crippen LogP contribution in [0.2, 0.25) is 10.0 Å². The summed E-state index contributed by atoms with van der Waals surface area (Å²) in [7, 11) is 0. The van der Waals surface area contributed by atoms with Crippen molar-refractivity contribution < 1.29 is 24.9 Å². The van der Waals surface area contributed by atoms with E-state index >= 15 is 0 Å². The van der Waals surface area contributed by atoms with Gasteiger partial charge in [-0.25, -0.2) is 4.79 Å². The van der Waals surface area contributed by atoms with E-state index in [2.05, 4.69) is 0 Å². The van der Waals surface area contributed by atoms with Crippen molar-refractivity contribution in [3.05, 3.63) is 27.7 Å². The Kier molecular flexibility index (Phi) is 4.11. The number of aromatic hydroxyl groups is 1. The molecule has 0 radical (unpaired) electrons. The first-order valence-electron chi connectivity index (χ1n) is 6.87. The number of benzene rings is 1. The van der Waals surface area contributed by atoms with Crippen LogP contribution in [0, 0.1) is 0 Å². The predicted octanol–water partition coefficient (Wildman–Crippen LogP) is 1.73. The molecule has 8 heteroatoms. The molecule has 1 aromatic carbocycles. The van der Waals surface area contributed by atoms with Gasteiger partial charge in [0.05, 0.1) is 22.7 Å². The lowest BCUT2D eigenvalue weighted by atomic mass is 9.92. The van der Waals surface area contributed by atoms with Gasteiger partial charge in [-0.1, -0.05) is 23.2 Å². The molecule has 3 rings (SSSR count). The van der Waals surface area contributed by atoms with E-state index in [1.54, 1.807) is 0 Å². The second-order valence-electron chi connectivity index (χ2n) is 5.54. The molecule has 1 aromatic rings. The number of nitrogens with zero attached hydrogens (tertiary/aromatic N) is 1. The summed E-state index contributed by atoms with van der Waals surface area (Å²) >= 11 is 12.2. The van der Waals surface area contributed by atoms with Crippen molar-refractivity contribution in [2.24, 2.45) is 0 Å². The van der Waals surface area contributed by atoms with Crippen LogP contribution in [0.4, 0.5) is 4.79 Å². The maximum absolute atomic E-state index is 11.9. The van der Waals surface area contributed by atoms with E-state index in [1.807, 2.05) is 0 Å². The predicted molar refractivity (Wildman–Crippen MR) is 79.3 cm³/mol. The Morgan fingerprint density at radius 2 is 2.14 bits per heavy atom. The third-order valence-corrected chi connectivity index (χ3v) is 5.10. The lowest BCUT2D eigenvalue weighted by Gasteiger charge is -2.20. The molecule has 2 aliphatic heterocycles. The average molecular weight is 348 g/mol. The zero-order valence-corrected chi connectivity index (χ0v) is 13.0. The largest absolute Gasteiger partial charge is 0.508 e. The van der Waals surface area contributed by atoms with Crippen LogP contribution in [-0.4, -0.2) is 57.7 Å². The van der Waals surface area contributed by atoms with Gasteiger partial charge in [0.15, 0.2) is 6.10 Å². The van der Waals surface area contributed by atoms with Gasteiger partial charge in [0, 0.05) is 18.0 Å². The summed E-state index contributed by atoms with van der Waals surface area (Å²) < 4.78 is 5.10. The monoisotopic (exact) mass is 347 g/mol. The van der Waals surface area contributed by atoms with Crippen molar-refractivity contribution in [1.82, 2.24) is 4.90 Å². The number of aliphatic hydroxyl groups excluding tert-OH is 2.